The molecule has 144 valence electrons. The van der Waals surface area contributed by atoms with Crippen molar-refractivity contribution in [3.63, 3.8) is 0 Å². The number of hydrogen-bond acceptors (Lipinski definition) is 5. The van der Waals surface area contributed by atoms with Gasteiger partial charge in [0.25, 0.3) is 0 Å². The van der Waals surface area contributed by atoms with Crippen LogP contribution < -0.4 is 4.90 Å². The summed E-state index contributed by atoms with van der Waals surface area (Å²) in [6.07, 6.45) is 0.190. The third-order valence-corrected chi connectivity index (χ3v) is 4.87. The molecule has 0 unspecified atom stereocenters. The molecule has 1 aromatic carbocycles. The number of hydrogen-bond donors (Lipinski definition) is 0. The van der Waals surface area contributed by atoms with E-state index in [1.54, 1.807) is 16.7 Å². The van der Waals surface area contributed by atoms with E-state index in [0.29, 0.717) is 19.6 Å². The fourth-order valence-corrected chi connectivity index (χ4v) is 3.44. The Balaban J connectivity index is 1.55. The van der Waals surface area contributed by atoms with Crippen LogP contribution in [0.1, 0.15) is 13.3 Å². The average molecular weight is 373 g/mol. The second-order valence-corrected chi connectivity index (χ2v) is 6.58. The minimum atomic E-state index is -0.864. The van der Waals surface area contributed by atoms with Gasteiger partial charge < -0.3 is 19.4 Å². The molecule has 8 nitrogen and oxygen atoms in total. The highest BCUT2D eigenvalue weighted by atomic mass is 16.5. The summed E-state index contributed by atoms with van der Waals surface area (Å²) in [7, 11) is 0. The number of carbonyl (C=O) groups is 4. The van der Waals surface area contributed by atoms with Crippen molar-refractivity contribution in [3.8, 4) is 0 Å². The molecule has 0 spiro atoms. The van der Waals surface area contributed by atoms with Crippen LogP contribution in [0.25, 0.3) is 0 Å². The summed E-state index contributed by atoms with van der Waals surface area (Å²) < 4.78 is 4.72. The van der Waals surface area contributed by atoms with E-state index in [2.05, 4.69) is 0 Å². The van der Waals surface area contributed by atoms with E-state index < -0.39 is 11.9 Å². The van der Waals surface area contributed by atoms with Gasteiger partial charge in [0.2, 0.25) is 11.8 Å². The Bertz CT molecular complexity index is 728. The van der Waals surface area contributed by atoms with Crippen LogP contribution in [0.4, 0.5) is 5.69 Å². The number of piperazine rings is 1. The molecule has 0 saturated carbocycles. The van der Waals surface area contributed by atoms with Gasteiger partial charge in [-0.05, 0) is 19.1 Å². The summed E-state index contributed by atoms with van der Waals surface area (Å²) in [6, 6.07) is 9.30. The van der Waals surface area contributed by atoms with Gasteiger partial charge in [0.15, 0.2) is 0 Å². The average Bonchev–Trinajstić information content (AvgIpc) is 3.09. The molecular weight excluding hydrogens is 350 g/mol. The molecule has 3 rings (SSSR count). The quantitative estimate of drug-likeness (QED) is 0.561. The van der Waals surface area contributed by atoms with Gasteiger partial charge in [-0.25, -0.2) is 4.79 Å². The van der Waals surface area contributed by atoms with Crippen molar-refractivity contribution in [2.45, 2.75) is 13.3 Å². The van der Waals surface area contributed by atoms with Crippen molar-refractivity contribution in [2.75, 3.05) is 44.2 Å². The first-order chi connectivity index (χ1) is 13.0. The predicted octanol–water partition coefficient (Wildman–Crippen LogP) is 0.273. The number of rotatable bonds is 3. The van der Waals surface area contributed by atoms with Gasteiger partial charge in [-0.1, -0.05) is 18.2 Å². The van der Waals surface area contributed by atoms with Crippen LogP contribution in [0.5, 0.6) is 0 Å². The molecule has 0 N–H and O–H groups in total. The summed E-state index contributed by atoms with van der Waals surface area (Å²) in [4.78, 5) is 53.3. The lowest BCUT2D eigenvalue weighted by atomic mass is 10.1. The summed E-state index contributed by atoms with van der Waals surface area (Å²) >= 11 is 0. The topological polar surface area (TPSA) is 87.2 Å². The van der Waals surface area contributed by atoms with E-state index in [0.717, 1.165) is 5.69 Å². The molecule has 1 aromatic rings. The Morgan fingerprint density at radius 2 is 1.67 bits per heavy atom. The Hall–Kier alpha value is -2.90. The number of esters is 1. The summed E-state index contributed by atoms with van der Waals surface area (Å²) in [5.74, 6) is -2.06. The minimum Gasteiger partial charge on any atom is -0.459 e. The first kappa shape index (κ1) is 18.9. The van der Waals surface area contributed by atoms with Crippen molar-refractivity contribution >= 4 is 29.4 Å². The maximum Gasteiger partial charge on any atom is 0.397 e. The van der Waals surface area contributed by atoms with Gasteiger partial charge in [-0.15, -0.1) is 0 Å². The molecular formula is C19H23N3O5. The first-order valence-corrected chi connectivity index (χ1v) is 9.11. The highest BCUT2D eigenvalue weighted by molar-refractivity contribution is 6.32. The van der Waals surface area contributed by atoms with Crippen molar-refractivity contribution in [1.82, 2.24) is 9.80 Å². The Morgan fingerprint density at radius 1 is 1.04 bits per heavy atom. The van der Waals surface area contributed by atoms with Crippen molar-refractivity contribution in [2.24, 2.45) is 5.92 Å². The molecule has 2 aliphatic rings. The molecule has 0 aliphatic carbocycles. The highest BCUT2D eigenvalue weighted by Gasteiger charge is 2.38. The van der Waals surface area contributed by atoms with Gasteiger partial charge in [0.1, 0.15) is 0 Å². The maximum atomic E-state index is 12.8. The molecule has 2 heterocycles. The van der Waals surface area contributed by atoms with E-state index in [1.807, 2.05) is 30.3 Å². The molecule has 2 aliphatic heterocycles. The second-order valence-electron chi connectivity index (χ2n) is 6.58. The zero-order chi connectivity index (χ0) is 19.4. The van der Waals surface area contributed by atoms with E-state index in [1.165, 1.54) is 4.90 Å². The number of carbonyl (C=O) groups excluding carboxylic acids is 4. The van der Waals surface area contributed by atoms with Crippen molar-refractivity contribution in [1.29, 1.82) is 0 Å². The number of ether oxygens (including phenoxy) is 1. The molecule has 2 saturated heterocycles. The van der Waals surface area contributed by atoms with Gasteiger partial charge in [0.05, 0.1) is 12.5 Å². The van der Waals surface area contributed by atoms with Crippen LogP contribution in [0.15, 0.2) is 30.3 Å². The van der Waals surface area contributed by atoms with Crippen molar-refractivity contribution in [3.05, 3.63) is 30.3 Å². The first-order valence-electron chi connectivity index (χ1n) is 9.11. The normalized spacial score (nSPS) is 20.0. The fourth-order valence-electron chi connectivity index (χ4n) is 3.44. The SMILES string of the molecule is CCOC(=O)C(=O)N1CCN(C(=O)[C@@H]2CC(=O)N(c3ccccc3)C2)CC1. The number of para-hydroxylation sites is 1. The van der Waals surface area contributed by atoms with E-state index in [4.69, 9.17) is 4.74 Å². The van der Waals surface area contributed by atoms with E-state index >= 15 is 0 Å². The van der Waals surface area contributed by atoms with Crippen LogP contribution in [-0.2, 0) is 23.9 Å². The number of amides is 3. The molecule has 27 heavy (non-hydrogen) atoms. The lowest BCUT2D eigenvalue weighted by Crippen LogP contribution is -2.53. The van der Waals surface area contributed by atoms with Crippen LogP contribution in [0, 0.1) is 5.92 Å². The van der Waals surface area contributed by atoms with Gasteiger partial charge in [-0.2, -0.15) is 0 Å². The third-order valence-electron chi connectivity index (χ3n) is 4.87. The monoisotopic (exact) mass is 373 g/mol. The molecule has 0 aromatic heterocycles. The zero-order valence-electron chi connectivity index (χ0n) is 15.3. The highest BCUT2D eigenvalue weighted by Crippen LogP contribution is 2.26. The Morgan fingerprint density at radius 3 is 2.30 bits per heavy atom. The summed E-state index contributed by atoms with van der Waals surface area (Å²) in [5.41, 5.74) is 0.794. The molecule has 2 fully saturated rings. The molecule has 8 heteroatoms. The van der Waals surface area contributed by atoms with Gasteiger partial charge >= 0.3 is 11.9 Å². The molecule has 0 bridgehead atoms. The number of nitrogens with zero attached hydrogens (tertiary/aromatic N) is 3. The van der Waals surface area contributed by atoms with Gasteiger partial charge in [0, 0.05) is 44.8 Å². The molecule has 0 radical (unpaired) electrons. The molecule has 3 amide bonds. The van der Waals surface area contributed by atoms with E-state index in [9.17, 15) is 19.2 Å². The summed E-state index contributed by atoms with van der Waals surface area (Å²) in [5, 5.41) is 0. The minimum absolute atomic E-state index is 0.0596. The largest absolute Gasteiger partial charge is 0.459 e. The van der Waals surface area contributed by atoms with E-state index in [-0.39, 0.29) is 43.8 Å². The Kier molecular flexibility index (Phi) is 5.73. The smallest absolute Gasteiger partial charge is 0.397 e. The Labute approximate surface area is 157 Å². The predicted molar refractivity (Wildman–Crippen MR) is 96.7 cm³/mol. The standard InChI is InChI=1S/C19H23N3O5/c1-2-27-19(26)18(25)21-10-8-20(9-11-21)17(24)14-12-16(23)22(13-14)15-6-4-3-5-7-15/h3-7,14H,2,8-13H2,1H3/t14-/m1/s1. The molecule has 1 atom stereocenters. The van der Waals surface area contributed by atoms with Crippen LogP contribution in [0.2, 0.25) is 0 Å². The number of benzene rings is 1. The van der Waals surface area contributed by atoms with Crippen LogP contribution >= 0.6 is 0 Å². The zero-order valence-corrected chi connectivity index (χ0v) is 15.3. The third kappa shape index (κ3) is 4.10. The van der Waals surface area contributed by atoms with Crippen LogP contribution in [0.3, 0.4) is 0 Å². The van der Waals surface area contributed by atoms with Crippen molar-refractivity contribution < 1.29 is 23.9 Å². The maximum absolute atomic E-state index is 12.8. The summed E-state index contributed by atoms with van der Waals surface area (Å²) in [6.45, 7) is 3.42. The lowest BCUT2D eigenvalue weighted by Gasteiger charge is -2.35. The second kappa shape index (κ2) is 8.20. The number of anilines is 1. The van der Waals surface area contributed by atoms with Gasteiger partial charge in [-0.3, -0.25) is 14.4 Å². The lowest BCUT2D eigenvalue weighted by molar-refractivity contribution is -0.161. The van der Waals surface area contributed by atoms with Crippen LogP contribution in [-0.4, -0.2) is 72.8 Å². The fraction of sp³-hybridized carbons (Fsp3) is 0.474.